The van der Waals surface area contributed by atoms with Crippen LogP contribution in [-0.4, -0.2) is 16.0 Å². The number of benzene rings is 2. The van der Waals surface area contributed by atoms with Gasteiger partial charge in [0.05, 0.1) is 5.52 Å². The van der Waals surface area contributed by atoms with E-state index in [1.807, 2.05) is 12.1 Å². The molecule has 3 aromatic rings. The van der Waals surface area contributed by atoms with Gasteiger partial charge in [0.2, 0.25) is 0 Å². The molecule has 0 aliphatic heterocycles. The van der Waals surface area contributed by atoms with Crippen molar-refractivity contribution < 1.29 is 0 Å². The number of fused-ring (bicyclic) bond motifs is 1. The summed E-state index contributed by atoms with van der Waals surface area (Å²) in [7, 11) is 0. The van der Waals surface area contributed by atoms with Crippen LogP contribution in [-0.2, 0) is 6.54 Å². The largest absolute Gasteiger partial charge is 0.367 e. The number of anilines is 1. The van der Waals surface area contributed by atoms with E-state index in [0.29, 0.717) is 12.6 Å². The zero-order valence-corrected chi connectivity index (χ0v) is 13.5. The van der Waals surface area contributed by atoms with Crippen molar-refractivity contribution in [2.24, 2.45) is 5.73 Å². The van der Waals surface area contributed by atoms with Crippen LogP contribution in [0, 0.1) is 0 Å². The molecule has 0 atom stereocenters. The summed E-state index contributed by atoms with van der Waals surface area (Å²) in [5.41, 5.74) is 10.2. The third-order valence-electron chi connectivity index (χ3n) is 4.05. The molecule has 23 heavy (non-hydrogen) atoms. The number of halogens is 1. The van der Waals surface area contributed by atoms with E-state index in [-0.39, 0.29) is 12.4 Å². The minimum absolute atomic E-state index is 0. The van der Waals surface area contributed by atoms with Gasteiger partial charge in [0.15, 0.2) is 0 Å². The van der Waals surface area contributed by atoms with Crippen molar-refractivity contribution in [3.8, 4) is 11.1 Å². The first-order valence-corrected chi connectivity index (χ1v) is 7.64. The fraction of sp³-hybridized carbons (Fsp3) is 0.222. The summed E-state index contributed by atoms with van der Waals surface area (Å²) in [6, 6.07) is 15.2. The second-order valence-electron chi connectivity index (χ2n) is 5.78. The van der Waals surface area contributed by atoms with E-state index in [1.54, 1.807) is 6.33 Å². The molecule has 1 aliphatic carbocycles. The average molecular weight is 327 g/mol. The summed E-state index contributed by atoms with van der Waals surface area (Å²) in [5, 5.41) is 4.56. The van der Waals surface area contributed by atoms with Gasteiger partial charge in [0.1, 0.15) is 12.1 Å². The summed E-state index contributed by atoms with van der Waals surface area (Å²) in [6.45, 7) is 0.555. The minimum atomic E-state index is 0. The molecule has 0 unspecified atom stereocenters. The lowest BCUT2D eigenvalue weighted by molar-refractivity contribution is 1.07. The van der Waals surface area contributed by atoms with Crippen molar-refractivity contribution in [1.29, 1.82) is 0 Å². The quantitative estimate of drug-likeness (QED) is 0.766. The molecule has 0 spiro atoms. The smallest absolute Gasteiger partial charge is 0.137 e. The summed E-state index contributed by atoms with van der Waals surface area (Å²) in [5.74, 6) is 0.935. The normalized spacial score (nSPS) is 13.6. The van der Waals surface area contributed by atoms with Crippen LogP contribution in [0.1, 0.15) is 18.4 Å². The summed E-state index contributed by atoms with van der Waals surface area (Å²) < 4.78 is 0. The molecule has 5 heteroatoms. The Labute approximate surface area is 141 Å². The first-order valence-electron chi connectivity index (χ1n) is 7.64. The summed E-state index contributed by atoms with van der Waals surface area (Å²) in [4.78, 5) is 8.78. The van der Waals surface area contributed by atoms with Crippen LogP contribution in [0.25, 0.3) is 22.0 Å². The number of hydrogen-bond donors (Lipinski definition) is 2. The molecule has 0 amide bonds. The second kappa shape index (κ2) is 6.52. The van der Waals surface area contributed by atoms with E-state index >= 15 is 0 Å². The van der Waals surface area contributed by atoms with E-state index in [0.717, 1.165) is 27.8 Å². The molecule has 0 saturated heterocycles. The molecule has 118 valence electrons. The Hall–Kier alpha value is -2.17. The van der Waals surface area contributed by atoms with Crippen LogP contribution < -0.4 is 11.1 Å². The van der Waals surface area contributed by atoms with Crippen LogP contribution in [0.2, 0.25) is 0 Å². The topological polar surface area (TPSA) is 63.8 Å². The van der Waals surface area contributed by atoms with E-state index in [4.69, 9.17) is 5.73 Å². The molecule has 0 radical (unpaired) electrons. The van der Waals surface area contributed by atoms with Gasteiger partial charge in [-0.05, 0) is 47.7 Å². The highest BCUT2D eigenvalue weighted by molar-refractivity contribution is 5.92. The van der Waals surface area contributed by atoms with Gasteiger partial charge in [-0.15, -0.1) is 12.4 Å². The van der Waals surface area contributed by atoms with Crippen LogP contribution in [0.5, 0.6) is 0 Å². The Morgan fingerprint density at radius 2 is 1.87 bits per heavy atom. The second-order valence-corrected chi connectivity index (χ2v) is 5.78. The Morgan fingerprint density at radius 3 is 2.65 bits per heavy atom. The monoisotopic (exact) mass is 326 g/mol. The molecular weight excluding hydrogens is 308 g/mol. The molecular formula is C18H19ClN4. The molecule has 1 fully saturated rings. The maximum absolute atomic E-state index is 5.74. The predicted octanol–water partition coefficient (Wildman–Crippen LogP) is 3.75. The van der Waals surface area contributed by atoms with Gasteiger partial charge in [-0.2, -0.15) is 0 Å². The predicted molar refractivity (Wildman–Crippen MR) is 96.8 cm³/mol. The van der Waals surface area contributed by atoms with E-state index < -0.39 is 0 Å². The fourth-order valence-electron chi connectivity index (χ4n) is 2.65. The number of rotatable bonds is 4. The van der Waals surface area contributed by atoms with Crippen LogP contribution >= 0.6 is 12.4 Å². The van der Waals surface area contributed by atoms with Gasteiger partial charge in [-0.3, -0.25) is 0 Å². The SMILES string of the molecule is Cl.NCc1cccc(-c2ccc3ncnc(NC4CC4)c3c2)c1. The molecule has 0 bridgehead atoms. The van der Waals surface area contributed by atoms with Gasteiger partial charge in [-0.1, -0.05) is 24.3 Å². The van der Waals surface area contributed by atoms with Crippen LogP contribution in [0.3, 0.4) is 0 Å². The zero-order valence-electron chi connectivity index (χ0n) is 12.7. The lowest BCUT2D eigenvalue weighted by Gasteiger charge is -2.09. The molecule has 1 aliphatic rings. The van der Waals surface area contributed by atoms with Crippen LogP contribution in [0.15, 0.2) is 48.8 Å². The summed E-state index contributed by atoms with van der Waals surface area (Å²) in [6.07, 6.45) is 4.08. The van der Waals surface area contributed by atoms with Crippen molar-refractivity contribution in [3.05, 3.63) is 54.4 Å². The van der Waals surface area contributed by atoms with E-state index in [2.05, 4.69) is 45.6 Å². The number of aromatic nitrogens is 2. The Balaban J connectivity index is 0.00000156. The van der Waals surface area contributed by atoms with Gasteiger partial charge >= 0.3 is 0 Å². The minimum Gasteiger partial charge on any atom is -0.367 e. The van der Waals surface area contributed by atoms with Gasteiger partial charge in [0.25, 0.3) is 0 Å². The maximum atomic E-state index is 5.74. The first-order chi connectivity index (χ1) is 10.8. The molecule has 1 saturated carbocycles. The molecule has 1 heterocycles. The molecule has 4 nitrogen and oxygen atoms in total. The molecule has 4 rings (SSSR count). The van der Waals surface area contributed by atoms with Crippen molar-refractivity contribution in [3.63, 3.8) is 0 Å². The Kier molecular flexibility index (Phi) is 4.46. The zero-order chi connectivity index (χ0) is 14.9. The van der Waals surface area contributed by atoms with Crippen molar-refractivity contribution in [1.82, 2.24) is 9.97 Å². The van der Waals surface area contributed by atoms with Gasteiger partial charge in [-0.25, -0.2) is 9.97 Å². The van der Waals surface area contributed by atoms with Crippen LogP contribution in [0.4, 0.5) is 5.82 Å². The number of hydrogen-bond acceptors (Lipinski definition) is 4. The standard InChI is InChI=1S/C18H18N4.ClH/c19-10-12-2-1-3-13(8-12)14-4-7-17-16(9-14)18(21-11-20-17)22-15-5-6-15;/h1-4,7-9,11,15H,5-6,10,19H2,(H,20,21,22);1H. The van der Waals surface area contributed by atoms with Gasteiger partial charge in [0, 0.05) is 18.0 Å². The number of nitrogens with zero attached hydrogens (tertiary/aromatic N) is 2. The number of nitrogens with one attached hydrogen (secondary N) is 1. The Morgan fingerprint density at radius 1 is 1.04 bits per heavy atom. The van der Waals surface area contributed by atoms with E-state index in [9.17, 15) is 0 Å². The van der Waals surface area contributed by atoms with Crippen molar-refractivity contribution >= 4 is 29.1 Å². The number of nitrogens with two attached hydrogens (primary N) is 1. The third kappa shape index (κ3) is 3.28. The maximum Gasteiger partial charge on any atom is 0.137 e. The first kappa shape index (κ1) is 15.7. The van der Waals surface area contributed by atoms with E-state index in [1.165, 1.54) is 18.4 Å². The van der Waals surface area contributed by atoms with Gasteiger partial charge < -0.3 is 11.1 Å². The highest BCUT2D eigenvalue weighted by Gasteiger charge is 2.22. The Bertz CT molecular complexity index is 830. The fourth-order valence-corrected chi connectivity index (χ4v) is 2.65. The molecule has 1 aromatic heterocycles. The lowest BCUT2D eigenvalue weighted by atomic mass is 10.0. The average Bonchev–Trinajstić information content (AvgIpc) is 3.39. The van der Waals surface area contributed by atoms with Crippen molar-refractivity contribution in [2.75, 3.05) is 5.32 Å². The highest BCUT2D eigenvalue weighted by atomic mass is 35.5. The third-order valence-corrected chi connectivity index (χ3v) is 4.05. The highest BCUT2D eigenvalue weighted by Crippen LogP contribution is 2.30. The van der Waals surface area contributed by atoms with Crippen molar-refractivity contribution in [2.45, 2.75) is 25.4 Å². The summed E-state index contributed by atoms with van der Waals surface area (Å²) >= 11 is 0. The molecule has 2 aromatic carbocycles. The lowest BCUT2D eigenvalue weighted by Crippen LogP contribution is -2.04. The molecule has 3 N–H and O–H groups in total.